The van der Waals surface area contributed by atoms with E-state index in [1.54, 1.807) is 12.1 Å². The van der Waals surface area contributed by atoms with Gasteiger partial charge in [-0.05, 0) is 32.4 Å². The van der Waals surface area contributed by atoms with Crippen LogP contribution in [0.4, 0.5) is 0 Å². The Hall–Kier alpha value is -1.35. The van der Waals surface area contributed by atoms with Gasteiger partial charge in [0.1, 0.15) is 0 Å². The second kappa shape index (κ2) is 7.01. The van der Waals surface area contributed by atoms with Gasteiger partial charge in [0.15, 0.2) is 0 Å². The van der Waals surface area contributed by atoms with Crippen LogP contribution in [0.5, 0.6) is 0 Å². The number of nitrogens with one attached hydrogen (secondary N) is 1. The summed E-state index contributed by atoms with van der Waals surface area (Å²) in [6, 6.07) is 9.22. The second-order valence-electron chi connectivity index (χ2n) is 3.90. The quantitative estimate of drug-likeness (QED) is 0.748. The molecule has 0 fully saturated rings. The molecule has 0 aliphatic rings. The molecule has 0 saturated heterocycles. The van der Waals surface area contributed by atoms with Crippen LogP contribution in [0.3, 0.4) is 0 Å². The van der Waals surface area contributed by atoms with Crippen LogP contribution in [0.25, 0.3) is 0 Å². The highest BCUT2D eigenvalue weighted by atomic mass is 16.5. The molecule has 0 spiro atoms. The van der Waals surface area contributed by atoms with E-state index in [9.17, 15) is 4.79 Å². The van der Waals surface area contributed by atoms with E-state index < -0.39 is 0 Å². The van der Waals surface area contributed by atoms with E-state index in [1.165, 1.54) is 0 Å². The molecule has 88 valence electrons. The van der Waals surface area contributed by atoms with Gasteiger partial charge in [-0.25, -0.2) is 0 Å². The van der Waals surface area contributed by atoms with Gasteiger partial charge in [0.05, 0.1) is 6.10 Å². The molecule has 0 aliphatic carbocycles. The summed E-state index contributed by atoms with van der Waals surface area (Å²) in [4.78, 5) is 11.6. The molecular formula is C13H19NO2. The van der Waals surface area contributed by atoms with E-state index in [-0.39, 0.29) is 12.0 Å². The van der Waals surface area contributed by atoms with Crippen molar-refractivity contribution in [2.24, 2.45) is 0 Å². The van der Waals surface area contributed by atoms with Gasteiger partial charge in [0.2, 0.25) is 0 Å². The summed E-state index contributed by atoms with van der Waals surface area (Å²) < 4.78 is 5.38. The lowest BCUT2D eigenvalue weighted by molar-refractivity contribution is 0.0757. The van der Waals surface area contributed by atoms with Gasteiger partial charge in [-0.3, -0.25) is 4.79 Å². The highest BCUT2D eigenvalue weighted by Gasteiger charge is 2.02. The molecule has 0 atom stereocenters. The monoisotopic (exact) mass is 221 g/mol. The van der Waals surface area contributed by atoms with Crippen molar-refractivity contribution in [3.8, 4) is 0 Å². The molecule has 0 unspecified atom stereocenters. The zero-order chi connectivity index (χ0) is 11.8. The van der Waals surface area contributed by atoms with Crippen LogP contribution in [-0.4, -0.2) is 25.2 Å². The average Bonchev–Trinajstić information content (AvgIpc) is 2.29. The summed E-state index contributed by atoms with van der Waals surface area (Å²) in [7, 11) is 0. The topological polar surface area (TPSA) is 38.3 Å². The van der Waals surface area contributed by atoms with Crippen molar-refractivity contribution in [2.45, 2.75) is 26.4 Å². The van der Waals surface area contributed by atoms with Crippen molar-refractivity contribution < 1.29 is 9.53 Å². The molecular weight excluding hydrogens is 202 g/mol. The van der Waals surface area contributed by atoms with Gasteiger partial charge in [0.25, 0.3) is 5.91 Å². The Kier molecular flexibility index (Phi) is 5.57. The first-order valence-corrected chi connectivity index (χ1v) is 5.65. The Morgan fingerprint density at radius 2 is 2.00 bits per heavy atom. The summed E-state index contributed by atoms with van der Waals surface area (Å²) in [5.41, 5.74) is 0.701. The van der Waals surface area contributed by atoms with E-state index in [4.69, 9.17) is 4.74 Å². The van der Waals surface area contributed by atoms with Crippen LogP contribution in [0.1, 0.15) is 30.6 Å². The number of rotatable bonds is 6. The van der Waals surface area contributed by atoms with Crippen LogP contribution < -0.4 is 5.32 Å². The van der Waals surface area contributed by atoms with Gasteiger partial charge in [-0.1, -0.05) is 18.2 Å². The maximum Gasteiger partial charge on any atom is 0.251 e. The molecule has 0 radical (unpaired) electrons. The fraction of sp³-hybridized carbons (Fsp3) is 0.462. The number of hydrogen-bond donors (Lipinski definition) is 1. The van der Waals surface area contributed by atoms with E-state index in [1.807, 2.05) is 32.0 Å². The molecule has 3 heteroatoms. The lowest BCUT2D eigenvalue weighted by atomic mass is 10.2. The summed E-state index contributed by atoms with van der Waals surface area (Å²) in [5.74, 6) is -0.0230. The number of carbonyl (C=O) groups excluding carboxylic acids is 1. The third-order valence-electron chi connectivity index (χ3n) is 2.09. The maximum atomic E-state index is 11.6. The molecule has 0 heterocycles. The van der Waals surface area contributed by atoms with E-state index in [0.717, 1.165) is 6.42 Å². The van der Waals surface area contributed by atoms with Crippen molar-refractivity contribution in [2.75, 3.05) is 13.2 Å². The minimum Gasteiger partial charge on any atom is -0.379 e. The number of benzene rings is 1. The van der Waals surface area contributed by atoms with Gasteiger partial charge < -0.3 is 10.1 Å². The van der Waals surface area contributed by atoms with Gasteiger partial charge >= 0.3 is 0 Å². The lowest BCUT2D eigenvalue weighted by Crippen LogP contribution is -2.25. The molecule has 0 aromatic heterocycles. The molecule has 0 saturated carbocycles. The highest BCUT2D eigenvalue weighted by molar-refractivity contribution is 5.94. The predicted molar refractivity (Wildman–Crippen MR) is 64.5 cm³/mol. The smallest absolute Gasteiger partial charge is 0.251 e. The zero-order valence-corrected chi connectivity index (χ0v) is 9.90. The summed E-state index contributed by atoms with van der Waals surface area (Å²) >= 11 is 0. The molecule has 0 aliphatic heterocycles. The standard InChI is InChI=1S/C13H19NO2/c1-11(2)16-10-6-9-14-13(15)12-7-4-3-5-8-12/h3-5,7-8,11H,6,9-10H2,1-2H3,(H,14,15). The van der Waals surface area contributed by atoms with Crippen molar-refractivity contribution in [3.05, 3.63) is 35.9 Å². The molecule has 1 aromatic carbocycles. The fourth-order valence-electron chi connectivity index (χ4n) is 1.28. The molecule has 1 amide bonds. The molecule has 1 N–H and O–H groups in total. The zero-order valence-electron chi connectivity index (χ0n) is 9.90. The largest absolute Gasteiger partial charge is 0.379 e. The highest BCUT2D eigenvalue weighted by Crippen LogP contribution is 1.97. The number of amides is 1. The third-order valence-corrected chi connectivity index (χ3v) is 2.09. The minimum absolute atomic E-state index is 0.0230. The SMILES string of the molecule is CC(C)OCCCNC(=O)c1ccccc1. The number of carbonyl (C=O) groups is 1. The Morgan fingerprint density at radius 1 is 1.31 bits per heavy atom. The van der Waals surface area contributed by atoms with Crippen LogP contribution in [0.2, 0.25) is 0 Å². The second-order valence-corrected chi connectivity index (χ2v) is 3.90. The Bertz CT molecular complexity index is 309. The van der Waals surface area contributed by atoms with Crippen LogP contribution >= 0.6 is 0 Å². The lowest BCUT2D eigenvalue weighted by Gasteiger charge is -2.08. The summed E-state index contributed by atoms with van der Waals surface area (Å²) in [6.45, 7) is 5.35. The minimum atomic E-state index is -0.0230. The van der Waals surface area contributed by atoms with E-state index in [0.29, 0.717) is 18.7 Å². The maximum absolute atomic E-state index is 11.6. The molecule has 16 heavy (non-hydrogen) atoms. The first-order chi connectivity index (χ1) is 7.70. The molecule has 3 nitrogen and oxygen atoms in total. The van der Waals surface area contributed by atoms with Crippen molar-refractivity contribution in [3.63, 3.8) is 0 Å². The Labute approximate surface area is 96.8 Å². The average molecular weight is 221 g/mol. The normalized spacial score (nSPS) is 10.4. The first-order valence-electron chi connectivity index (χ1n) is 5.65. The van der Waals surface area contributed by atoms with Gasteiger partial charge in [-0.2, -0.15) is 0 Å². The van der Waals surface area contributed by atoms with Crippen molar-refractivity contribution >= 4 is 5.91 Å². The molecule has 1 rings (SSSR count). The van der Waals surface area contributed by atoms with Crippen LogP contribution in [0, 0.1) is 0 Å². The van der Waals surface area contributed by atoms with Gasteiger partial charge in [-0.15, -0.1) is 0 Å². The Morgan fingerprint density at radius 3 is 2.62 bits per heavy atom. The molecule has 1 aromatic rings. The third kappa shape index (κ3) is 4.94. The fourth-order valence-corrected chi connectivity index (χ4v) is 1.28. The van der Waals surface area contributed by atoms with E-state index in [2.05, 4.69) is 5.32 Å². The van der Waals surface area contributed by atoms with Crippen molar-refractivity contribution in [1.82, 2.24) is 5.32 Å². The summed E-state index contributed by atoms with van der Waals surface area (Å²) in [5, 5.41) is 2.85. The van der Waals surface area contributed by atoms with E-state index >= 15 is 0 Å². The van der Waals surface area contributed by atoms with Crippen LogP contribution in [-0.2, 0) is 4.74 Å². The first kappa shape index (κ1) is 12.7. The predicted octanol–water partition coefficient (Wildman–Crippen LogP) is 2.23. The Balaban J connectivity index is 2.16. The number of ether oxygens (including phenoxy) is 1. The van der Waals surface area contributed by atoms with Crippen LogP contribution in [0.15, 0.2) is 30.3 Å². The summed E-state index contributed by atoms with van der Waals surface area (Å²) in [6.07, 6.45) is 1.10. The van der Waals surface area contributed by atoms with Gasteiger partial charge in [0, 0.05) is 18.7 Å². The van der Waals surface area contributed by atoms with Crippen molar-refractivity contribution in [1.29, 1.82) is 0 Å². The number of hydrogen-bond acceptors (Lipinski definition) is 2. The molecule has 0 bridgehead atoms.